The molecule has 5 nitrogen and oxygen atoms in total. The van der Waals surface area contributed by atoms with Gasteiger partial charge in [0.05, 0.1) is 12.3 Å². The summed E-state index contributed by atoms with van der Waals surface area (Å²) in [5.74, 6) is 0. The highest BCUT2D eigenvalue weighted by Crippen LogP contribution is 2.30. The van der Waals surface area contributed by atoms with Gasteiger partial charge >= 0.3 is 10.2 Å². The van der Waals surface area contributed by atoms with Gasteiger partial charge < -0.3 is 4.74 Å². The van der Waals surface area contributed by atoms with Crippen LogP contribution in [0.25, 0.3) is 0 Å². The first-order valence-electron chi connectivity index (χ1n) is 5.50. The highest BCUT2D eigenvalue weighted by Gasteiger charge is 2.29. The molecular formula is C11H15ClN2O3S. The van der Waals surface area contributed by atoms with Crippen LogP contribution < -0.4 is 4.72 Å². The molecule has 18 heavy (non-hydrogen) atoms. The molecule has 0 bridgehead atoms. The molecule has 1 aliphatic heterocycles. The Bertz CT molecular complexity index is 560. The van der Waals surface area contributed by atoms with Crippen LogP contribution in [-0.2, 0) is 21.5 Å². The van der Waals surface area contributed by atoms with Gasteiger partial charge in [0.2, 0.25) is 0 Å². The molecule has 0 fully saturated rings. The predicted octanol–water partition coefficient (Wildman–Crippen LogP) is 1.77. The Labute approximate surface area is 112 Å². The lowest BCUT2D eigenvalue weighted by molar-refractivity contribution is 0.177. The lowest BCUT2D eigenvalue weighted by Gasteiger charge is -2.29. The molecular weight excluding hydrogens is 276 g/mol. The highest BCUT2D eigenvalue weighted by atomic mass is 35.5. The van der Waals surface area contributed by atoms with Crippen molar-refractivity contribution in [2.75, 3.05) is 25.0 Å². The Kier molecular flexibility index (Phi) is 3.82. The molecule has 100 valence electrons. The van der Waals surface area contributed by atoms with Gasteiger partial charge in [-0.3, -0.25) is 4.72 Å². The first kappa shape index (κ1) is 13.6. The van der Waals surface area contributed by atoms with Gasteiger partial charge in [-0.2, -0.15) is 12.7 Å². The number of hydrogen-bond acceptors (Lipinski definition) is 3. The zero-order chi connectivity index (χ0) is 13.3. The molecule has 1 aromatic rings. The average Bonchev–Trinajstić information content (AvgIpc) is 2.28. The van der Waals surface area contributed by atoms with E-state index in [1.54, 1.807) is 12.1 Å². The maximum atomic E-state index is 12.0. The second-order valence-corrected chi connectivity index (χ2v) is 6.27. The van der Waals surface area contributed by atoms with Crippen molar-refractivity contribution in [1.29, 1.82) is 0 Å². The quantitative estimate of drug-likeness (QED) is 0.923. The normalized spacial score (nSPS) is 18.2. The Balaban J connectivity index is 2.34. The summed E-state index contributed by atoms with van der Waals surface area (Å²) in [7, 11) is -1.94. The molecule has 1 N–H and O–H groups in total. The van der Waals surface area contributed by atoms with Gasteiger partial charge in [0, 0.05) is 25.2 Å². The van der Waals surface area contributed by atoms with Crippen LogP contribution in [0.2, 0.25) is 5.02 Å². The number of hydrogen-bond donors (Lipinski definition) is 1. The van der Waals surface area contributed by atoms with E-state index in [1.165, 1.54) is 11.4 Å². The second-order valence-electron chi connectivity index (χ2n) is 4.19. The van der Waals surface area contributed by atoms with Crippen LogP contribution >= 0.6 is 11.6 Å². The first-order valence-corrected chi connectivity index (χ1v) is 7.31. The molecule has 1 aliphatic rings. The van der Waals surface area contributed by atoms with Gasteiger partial charge in [0.25, 0.3) is 0 Å². The molecule has 0 aromatic heterocycles. The minimum absolute atomic E-state index is 0.314. The summed E-state index contributed by atoms with van der Waals surface area (Å²) in [4.78, 5) is 0. The average molecular weight is 291 g/mol. The molecule has 0 aliphatic carbocycles. The Morgan fingerprint density at radius 1 is 1.50 bits per heavy atom. The number of fused-ring (bicyclic) bond motifs is 1. The van der Waals surface area contributed by atoms with E-state index < -0.39 is 10.2 Å². The van der Waals surface area contributed by atoms with E-state index in [-0.39, 0.29) is 0 Å². The van der Waals surface area contributed by atoms with Crippen molar-refractivity contribution in [3.63, 3.8) is 0 Å². The monoisotopic (exact) mass is 290 g/mol. The fourth-order valence-corrected chi connectivity index (χ4v) is 3.23. The van der Waals surface area contributed by atoms with E-state index in [0.717, 1.165) is 11.1 Å². The number of methoxy groups -OCH3 is 1. The van der Waals surface area contributed by atoms with Crippen LogP contribution in [-0.4, -0.2) is 33.0 Å². The lowest BCUT2D eigenvalue weighted by Crippen LogP contribution is -2.41. The van der Waals surface area contributed by atoms with Crippen LogP contribution in [0.1, 0.15) is 11.1 Å². The second kappa shape index (κ2) is 5.05. The van der Waals surface area contributed by atoms with Crippen molar-refractivity contribution in [3.8, 4) is 0 Å². The summed E-state index contributed by atoms with van der Waals surface area (Å²) in [6, 6.07) is 3.55. The largest absolute Gasteiger partial charge is 0.383 e. The molecule has 0 saturated carbocycles. The molecule has 0 unspecified atom stereocenters. The maximum Gasteiger partial charge on any atom is 0.302 e. The fraction of sp³-hybridized carbons (Fsp3) is 0.455. The summed E-state index contributed by atoms with van der Waals surface area (Å²) < 4.78 is 32.7. The molecule has 0 spiro atoms. The topological polar surface area (TPSA) is 58.6 Å². The molecule has 0 radical (unpaired) electrons. The number of halogens is 1. The maximum absolute atomic E-state index is 12.0. The lowest BCUT2D eigenvalue weighted by atomic mass is 10.1. The van der Waals surface area contributed by atoms with Crippen LogP contribution in [0, 0.1) is 6.92 Å². The van der Waals surface area contributed by atoms with Crippen molar-refractivity contribution in [3.05, 3.63) is 28.3 Å². The predicted molar refractivity (Wildman–Crippen MR) is 71.0 cm³/mol. The standard InChI is InChI=1S/C11H15ClN2O3S/c1-8-5-11-9(6-10(8)12)7-14(3-4-17-2)18(15,16)13-11/h5-6,13H,3-4,7H2,1-2H3. The number of ether oxygens (including phenoxy) is 1. The summed E-state index contributed by atoms with van der Waals surface area (Å²) in [6.45, 7) is 2.83. The molecule has 1 heterocycles. The van der Waals surface area contributed by atoms with Crippen LogP contribution in [0.15, 0.2) is 12.1 Å². The van der Waals surface area contributed by atoms with Crippen LogP contribution in [0.3, 0.4) is 0 Å². The van der Waals surface area contributed by atoms with Crippen molar-refractivity contribution >= 4 is 27.5 Å². The van der Waals surface area contributed by atoms with E-state index in [9.17, 15) is 8.42 Å². The summed E-state index contributed by atoms with van der Waals surface area (Å²) in [5.41, 5.74) is 2.32. The van der Waals surface area contributed by atoms with Gasteiger partial charge in [0.1, 0.15) is 0 Å². The number of benzene rings is 1. The number of nitrogens with zero attached hydrogens (tertiary/aromatic N) is 1. The third-order valence-corrected chi connectivity index (χ3v) is 4.73. The minimum atomic E-state index is -3.48. The van der Waals surface area contributed by atoms with Crippen molar-refractivity contribution in [1.82, 2.24) is 4.31 Å². The SMILES string of the molecule is COCCN1Cc2cc(Cl)c(C)cc2NS1(=O)=O. The summed E-state index contributed by atoms with van der Waals surface area (Å²) in [6.07, 6.45) is 0. The van der Waals surface area contributed by atoms with E-state index in [1.807, 2.05) is 6.92 Å². The molecule has 0 amide bonds. The van der Waals surface area contributed by atoms with Gasteiger partial charge in [-0.05, 0) is 30.2 Å². The van der Waals surface area contributed by atoms with E-state index in [0.29, 0.717) is 30.4 Å². The van der Waals surface area contributed by atoms with Crippen molar-refractivity contribution in [2.24, 2.45) is 0 Å². The van der Waals surface area contributed by atoms with E-state index >= 15 is 0 Å². The Morgan fingerprint density at radius 3 is 2.89 bits per heavy atom. The molecule has 7 heteroatoms. The number of nitrogens with one attached hydrogen (secondary N) is 1. The van der Waals surface area contributed by atoms with E-state index in [2.05, 4.69) is 4.72 Å². The minimum Gasteiger partial charge on any atom is -0.383 e. The molecule has 2 rings (SSSR count). The smallest absolute Gasteiger partial charge is 0.302 e. The van der Waals surface area contributed by atoms with Gasteiger partial charge in [-0.15, -0.1) is 0 Å². The molecule has 1 aromatic carbocycles. The number of aryl methyl sites for hydroxylation is 1. The Hall–Kier alpha value is -0.820. The van der Waals surface area contributed by atoms with Gasteiger partial charge in [-0.1, -0.05) is 11.6 Å². The fourth-order valence-electron chi connectivity index (χ4n) is 1.82. The van der Waals surface area contributed by atoms with Crippen molar-refractivity contribution in [2.45, 2.75) is 13.5 Å². The zero-order valence-electron chi connectivity index (χ0n) is 10.2. The van der Waals surface area contributed by atoms with Gasteiger partial charge in [0.15, 0.2) is 0 Å². The van der Waals surface area contributed by atoms with Gasteiger partial charge in [-0.25, -0.2) is 0 Å². The number of rotatable bonds is 3. The highest BCUT2D eigenvalue weighted by molar-refractivity contribution is 7.90. The van der Waals surface area contributed by atoms with Crippen LogP contribution in [0.4, 0.5) is 5.69 Å². The van der Waals surface area contributed by atoms with Crippen LogP contribution in [0.5, 0.6) is 0 Å². The number of anilines is 1. The van der Waals surface area contributed by atoms with Crippen molar-refractivity contribution < 1.29 is 13.2 Å². The summed E-state index contributed by atoms with van der Waals surface area (Å²) in [5, 5.41) is 0.640. The molecule has 0 saturated heterocycles. The molecule has 0 atom stereocenters. The Morgan fingerprint density at radius 2 is 2.22 bits per heavy atom. The third-order valence-electron chi connectivity index (χ3n) is 2.85. The first-order chi connectivity index (χ1) is 8.44. The summed E-state index contributed by atoms with van der Waals surface area (Å²) >= 11 is 6.05. The zero-order valence-corrected chi connectivity index (χ0v) is 11.8. The third kappa shape index (κ3) is 2.61. The van der Waals surface area contributed by atoms with E-state index in [4.69, 9.17) is 16.3 Å².